The lowest BCUT2D eigenvalue weighted by Crippen LogP contribution is -2.58. The van der Waals surface area contributed by atoms with Gasteiger partial charge in [0.05, 0.1) is 30.4 Å². The smallest absolute Gasteiger partial charge is 0.407 e. The van der Waals surface area contributed by atoms with Crippen LogP contribution >= 0.6 is 23.5 Å². The lowest BCUT2D eigenvalue weighted by Gasteiger charge is -2.35. The van der Waals surface area contributed by atoms with Gasteiger partial charge in [-0.15, -0.1) is 23.5 Å². The summed E-state index contributed by atoms with van der Waals surface area (Å²) >= 11 is 3.45. The van der Waals surface area contributed by atoms with Crippen molar-refractivity contribution >= 4 is 64.9 Å². The molecule has 2 unspecified atom stereocenters. The highest BCUT2D eigenvalue weighted by Gasteiger charge is 2.52. The molecule has 1 aromatic rings. The second-order valence-corrected chi connectivity index (χ2v) is 18.6. The molecule has 4 N–H and O–H groups in total. The van der Waals surface area contributed by atoms with Crippen LogP contribution in [-0.2, 0) is 38.3 Å². The summed E-state index contributed by atoms with van der Waals surface area (Å²) < 4.78 is 4.99. The number of hydroxylamine groups is 2. The molecule has 3 fully saturated rings. The zero-order valence-electron chi connectivity index (χ0n) is 33.8. The predicted octanol–water partition coefficient (Wildman–Crippen LogP) is 3.72. The van der Waals surface area contributed by atoms with Gasteiger partial charge in [-0.2, -0.15) is 0 Å². The number of hydrogen-bond acceptors (Lipinski definition) is 11. The molecule has 1 aromatic carbocycles. The van der Waals surface area contributed by atoms with Crippen LogP contribution in [0, 0.1) is 11.8 Å². The second-order valence-electron chi connectivity index (χ2n) is 15.3. The van der Waals surface area contributed by atoms with Gasteiger partial charge in [0.2, 0.25) is 23.5 Å². The fraction of sp³-hybridized carbons (Fsp3) is 0.675. The number of amides is 6. The molecule has 1 spiro atoms. The van der Waals surface area contributed by atoms with Gasteiger partial charge in [0, 0.05) is 20.0 Å². The molecule has 6 amide bonds. The van der Waals surface area contributed by atoms with Gasteiger partial charge in [0.15, 0.2) is 0 Å². The van der Waals surface area contributed by atoms with Gasteiger partial charge in [-0.1, -0.05) is 83.2 Å². The summed E-state index contributed by atoms with van der Waals surface area (Å²) in [6.45, 7) is 5.66. The van der Waals surface area contributed by atoms with Crippen molar-refractivity contribution in [3.63, 3.8) is 0 Å². The fourth-order valence-corrected chi connectivity index (χ4v) is 10.7. The van der Waals surface area contributed by atoms with E-state index in [0.29, 0.717) is 31.4 Å². The summed E-state index contributed by atoms with van der Waals surface area (Å²) in [4.78, 5) is 101. The molecule has 0 bridgehead atoms. The molecule has 17 heteroatoms. The van der Waals surface area contributed by atoms with Gasteiger partial charge in [0.1, 0.15) is 18.1 Å². The van der Waals surface area contributed by atoms with Gasteiger partial charge in [-0.05, 0) is 54.6 Å². The average Bonchev–Trinajstić information content (AvgIpc) is 3.59. The van der Waals surface area contributed by atoms with E-state index in [1.165, 1.54) is 14.2 Å². The number of hydrogen-bond donors (Lipinski definition) is 4. The zero-order chi connectivity index (χ0) is 41.5. The number of ketones is 1. The van der Waals surface area contributed by atoms with Crippen molar-refractivity contribution in [3.8, 4) is 0 Å². The van der Waals surface area contributed by atoms with Crippen LogP contribution in [0.4, 0.5) is 4.79 Å². The number of nitrogens with zero attached hydrogens (tertiary/aromatic N) is 2. The Morgan fingerprint density at radius 3 is 2.26 bits per heavy atom. The first-order chi connectivity index (χ1) is 27.3. The zero-order valence-corrected chi connectivity index (χ0v) is 35.5. The van der Waals surface area contributed by atoms with Crippen LogP contribution in [0.5, 0.6) is 0 Å². The number of alkyl carbamates (subject to hydrolysis) is 1. The monoisotopic (exact) mass is 832 g/mol. The van der Waals surface area contributed by atoms with Crippen LogP contribution in [0.2, 0.25) is 0 Å². The molecule has 2 aliphatic heterocycles. The Bertz CT molecular complexity index is 1550. The first-order valence-corrected chi connectivity index (χ1v) is 22.1. The van der Waals surface area contributed by atoms with Gasteiger partial charge < -0.3 is 30.9 Å². The van der Waals surface area contributed by atoms with Gasteiger partial charge >= 0.3 is 6.09 Å². The minimum absolute atomic E-state index is 0.111. The molecule has 2 heterocycles. The Hall–Kier alpha value is -3.83. The summed E-state index contributed by atoms with van der Waals surface area (Å²) in [7, 11) is 2.72. The molecule has 0 aromatic heterocycles. The van der Waals surface area contributed by atoms with Crippen LogP contribution in [0.25, 0.3) is 0 Å². The van der Waals surface area contributed by atoms with Crippen molar-refractivity contribution in [2.45, 2.75) is 113 Å². The number of nitrogens with one attached hydrogen (secondary N) is 4. The Kier molecular flexibility index (Phi) is 18.0. The summed E-state index contributed by atoms with van der Waals surface area (Å²) in [5.41, 5.74) is 0.489. The minimum atomic E-state index is -1.21. The summed E-state index contributed by atoms with van der Waals surface area (Å²) in [6, 6.07) is 4.36. The summed E-state index contributed by atoms with van der Waals surface area (Å²) in [5.74, 6) is -2.43. The SMILES string of the molecule is CCCCC(NC(=O)[C@@H]1CC2(CN1C(=O)[C@@H](NC(=O)OCC(C)C)C1CCCCC1)SCCCS2)C(=O)C(=O)NCC(=O)NC(C(=O)N(C)OC)c1ccccc1. The number of likely N-dealkylation sites (tertiary alicyclic amines) is 1. The second kappa shape index (κ2) is 22.4. The molecule has 3 aliphatic rings. The van der Waals surface area contributed by atoms with Crippen molar-refractivity contribution in [1.82, 2.24) is 31.2 Å². The normalized spacial score (nSPS) is 19.5. The van der Waals surface area contributed by atoms with E-state index in [0.717, 1.165) is 55.1 Å². The van der Waals surface area contributed by atoms with E-state index in [2.05, 4.69) is 21.3 Å². The van der Waals surface area contributed by atoms with E-state index in [4.69, 9.17) is 9.57 Å². The highest BCUT2D eigenvalue weighted by atomic mass is 32.2. The lowest BCUT2D eigenvalue weighted by atomic mass is 9.83. The number of rotatable bonds is 18. The standard InChI is InChI=1S/C40H60N6O9S2/c1-6-7-19-29(34(48)36(50)41-23-31(47)43-32(37(51)45(4)54-5)27-15-10-8-11-16-27)42-35(49)30-22-40(56-20-14-21-57-40)25-46(30)38(52)33(28-17-12-9-13-18-28)44-39(53)55-24-26(2)3/h8,10-11,15-16,26,28-30,32-33H,6-7,9,12-14,17-25H2,1-5H3,(H,41,50)(H,42,49)(H,43,47)(H,44,53)/t29?,30-,32?,33-/m0/s1. The Balaban J connectivity index is 1.49. The third kappa shape index (κ3) is 13.1. The molecular weight excluding hydrogens is 773 g/mol. The number of likely N-dealkylation sites (N-methyl/N-ethyl adjacent to an activating group) is 1. The van der Waals surface area contributed by atoms with Crippen molar-refractivity contribution in [1.29, 1.82) is 0 Å². The van der Waals surface area contributed by atoms with Crippen LogP contribution in [-0.4, -0.2) is 119 Å². The molecule has 4 atom stereocenters. The quantitative estimate of drug-likeness (QED) is 0.125. The molecule has 2 saturated heterocycles. The molecule has 57 heavy (non-hydrogen) atoms. The largest absolute Gasteiger partial charge is 0.449 e. The maximum Gasteiger partial charge on any atom is 0.407 e. The van der Waals surface area contributed by atoms with Crippen LogP contribution in [0.15, 0.2) is 30.3 Å². The number of carbonyl (C=O) groups excluding carboxylic acids is 7. The van der Waals surface area contributed by atoms with Gasteiger partial charge in [0.25, 0.3) is 11.8 Å². The Morgan fingerprint density at radius 1 is 0.947 bits per heavy atom. The summed E-state index contributed by atoms with van der Waals surface area (Å²) in [6.07, 6.45) is 6.47. The number of benzene rings is 1. The lowest BCUT2D eigenvalue weighted by molar-refractivity contribution is -0.171. The molecule has 1 aliphatic carbocycles. The van der Waals surface area contributed by atoms with E-state index >= 15 is 0 Å². The number of thioether (sulfide) groups is 2. The van der Waals surface area contributed by atoms with Gasteiger partial charge in [-0.3, -0.25) is 33.6 Å². The Morgan fingerprint density at radius 2 is 1.63 bits per heavy atom. The molecular formula is C40H60N6O9S2. The topological polar surface area (TPSA) is 193 Å². The van der Waals surface area contributed by atoms with Crippen LogP contribution < -0.4 is 21.3 Å². The van der Waals surface area contributed by atoms with E-state index in [1.54, 1.807) is 58.8 Å². The van der Waals surface area contributed by atoms with E-state index in [1.807, 2.05) is 20.8 Å². The van der Waals surface area contributed by atoms with Crippen LogP contribution in [0.1, 0.15) is 96.6 Å². The number of carbonyl (C=O) groups is 7. The molecule has 15 nitrogen and oxygen atoms in total. The van der Waals surface area contributed by atoms with Crippen molar-refractivity contribution in [2.24, 2.45) is 11.8 Å². The summed E-state index contributed by atoms with van der Waals surface area (Å²) in [5, 5.41) is 11.6. The van der Waals surface area contributed by atoms with Crippen molar-refractivity contribution < 1.29 is 43.1 Å². The third-order valence-electron chi connectivity index (χ3n) is 10.5. The van der Waals surface area contributed by atoms with E-state index in [-0.39, 0.29) is 30.8 Å². The van der Waals surface area contributed by atoms with E-state index < -0.39 is 70.3 Å². The van der Waals surface area contributed by atoms with E-state index in [9.17, 15) is 33.6 Å². The number of unbranched alkanes of at least 4 members (excludes halogenated alkanes) is 1. The molecule has 1 saturated carbocycles. The molecule has 4 rings (SSSR count). The molecule has 0 radical (unpaired) electrons. The highest BCUT2D eigenvalue weighted by Crippen LogP contribution is 2.50. The third-order valence-corrected chi connectivity index (χ3v) is 13.8. The predicted molar refractivity (Wildman–Crippen MR) is 219 cm³/mol. The number of Topliss-reactive ketones (excluding diaryl/α,β-unsaturated/α-hetero) is 1. The average molecular weight is 833 g/mol. The fourth-order valence-electron chi connectivity index (χ4n) is 7.34. The van der Waals surface area contributed by atoms with Crippen molar-refractivity contribution in [2.75, 3.05) is 45.4 Å². The first-order valence-electron chi connectivity index (χ1n) is 20.1. The first kappa shape index (κ1) is 45.9. The number of ether oxygens (including phenoxy) is 1. The van der Waals surface area contributed by atoms with Crippen molar-refractivity contribution in [3.05, 3.63) is 35.9 Å². The van der Waals surface area contributed by atoms with Crippen LogP contribution in [0.3, 0.4) is 0 Å². The maximum absolute atomic E-state index is 14.6. The van der Waals surface area contributed by atoms with Gasteiger partial charge in [-0.25, -0.2) is 9.86 Å². The Labute approximate surface area is 344 Å². The maximum atomic E-state index is 14.6. The molecule has 316 valence electrons. The minimum Gasteiger partial charge on any atom is -0.449 e. The highest BCUT2D eigenvalue weighted by molar-refractivity contribution is 8.18.